The maximum atomic E-state index is 5.97. The largest absolute Gasteiger partial charge is 0.493 e. The molecule has 1 aromatic carbocycles. The van der Waals surface area contributed by atoms with Gasteiger partial charge in [0.05, 0.1) is 14.2 Å². The van der Waals surface area contributed by atoms with Crippen molar-refractivity contribution in [1.82, 2.24) is 10.2 Å². The molecule has 1 atom stereocenters. The maximum Gasteiger partial charge on any atom is 0.160 e. The standard InChI is InChI=1S/C16H29N3O2/c1-16(12-17,18-8-9-19(2)3)11-13-6-7-14(20-4)15(10-13)21-5/h6-7,10,18H,8-9,11-12,17H2,1-5H3. The third-order valence-corrected chi connectivity index (χ3v) is 3.60. The lowest BCUT2D eigenvalue weighted by atomic mass is 9.92. The van der Waals surface area contributed by atoms with Crippen molar-refractivity contribution < 1.29 is 9.47 Å². The number of hydrogen-bond donors (Lipinski definition) is 2. The number of nitrogens with two attached hydrogens (primary N) is 1. The maximum absolute atomic E-state index is 5.97. The van der Waals surface area contributed by atoms with Gasteiger partial charge >= 0.3 is 0 Å². The molecule has 21 heavy (non-hydrogen) atoms. The number of hydrogen-bond acceptors (Lipinski definition) is 5. The summed E-state index contributed by atoms with van der Waals surface area (Å²) in [5.41, 5.74) is 7.02. The topological polar surface area (TPSA) is 59.8 Å². The number of rotatable bonds is 9. The van der Waals surface area contributed by atoms with E-state index in [0.717, 1.165) is 31.0 Å². The van der Waals surface area contributed by atoms with E-state index in [-0.39, 0.29) is 5.54 Å². The second-order valence-corrected chi connectivity index (χ2v) is 5.86. The summed E-state index contributed by atoms with van der Waals surface area (Å²) in [6.07, 6.45) is 0.845. The average Bonchev–Trinajstić information content (AvgIpc) is 2.46. The van der Waals surface area contributed by atoms with E-state index in [2.05, 4.69) is 37.3 Å². The van der Waals surface area contributed by atoms with Crippen molar-refractivity contribution in [1.29, 1.82) is 0 Å². The number of nitrogens with one attached hydrogen (secondary N) is 1. The minimum atomic E-state index is -0.129. The summed E-state index contributed by atoms with van der Waals surface area (Å²) in [7, 11) is 7.43. The van der Waals surface area contributed by atoms with Gasteiger partial charge in [0.1, 0.15) is 0 Å². The van der Waals surface area contributed by atoms with Crippen molar-refractivity contribution in [2.75, 3.05) is 47.9 Å². The molecule has 1 unspecified atom stereocenters. The van der Waals surface area contributed by atoms with E-state index < -0.39 is 0 Å². The summed E-state index contributed by atoms with van der Waals surface area (Å²) >= 11 is 0. The van der Waals surface area contributed by atoms with Crippen molar-refractivity contribution >= 4 is 0 Å². The minimum absolute atomic E-state index is 0.129. The van der Waals surface area contributed by atoms with Crippen LogP contribution in [0.5, 0.6) is 11.5 Å². The first kappa shape index (κ1) is 17.8. The van der Waals surface area contributed by atoms with Crippen LogP contribution in [0.3, 0.4) is 0 Å². The molecule has 5 heteroatoms. The molecule has 1 aromatic rings. The Bertz CT molecular complexity index is 438. The van der Waals surface area contributed by atoms with E-state index in [4.69, 9.17) is 15.2 Å². The lowest BCUT2D eigenvalue weighted by Gasteiger charge is -2.30. The van der Waals surface area contributed by atoms with Crippen LogP contribution in [0, 0.1) is 0 Å². The van der Waals surface area contributed by atoms with Crippen molar-refractivity contribution in [3.05, 3.63) is 23.8 Å². The van der Waals surface area contributed by atoms with E-state index >= 15 is 0 Å². The van der Waals surface area contributed by atoms with Crippen LogP contribution in [-0.2, 0) is 6.42 Å². The Morgan fingerprint density at radius 1 is 1.19 bits per heavy atom. The highest BCUT2D eigenvalue weighted by atomic mass is 16.5. The fourth-order valence-electron chi connectivity index (χ4n) is 2.23. The predicted octanol–water partition coefficient (Wildman–Crippen LogP) is 1.11. The molecule has 0 heterocycles. The van der Waals surface area contributed by atoms with Gasteiger partial charge in [-0.15, -0.1) is 0 Å². The summed E-state index contributed by atoms with van der Waals surface area (Å²) in [6, 6.07) is 6.01. The molecule has 0 fully saturated rings. The Morgan fingerprint density at radius 2 is 1.86 bits per heavy atom. The predicted molar refractivity (Wildman–Crippen MR) is 87.3 cm³/mol. The molecule has 5 nitrogen and oxygen atoms in total. The highest BCUT2D eigenvalue weighted by molar-refractivity contribution is 5.43. The van der Waals surface area contributed by atoms with Gasteiger partial charge in [-0.25, -0.2) is 0 Å². The van der Waals surface area contributed by atoms with Gasteiger partial charge in [0, 0.05) is 25.2 Å². The molecular weight excluding hydrogens is 266 g/mol. The molecule has 0 aliphatic carbocycles. The first-order chi connectivity index (χ1) is 9.94. The van der Waals surface area contributed by atoms with Crippen molar-refractivity contribution in [3.8, 4) is 11.5 Å². The Balaban J connectivity index is 2.75. The smallest absolute Gasteiger partial charge is 0.160 e. The Morgan fingerprint density at radius 3 is 2.38 bits per heavy atom. The third kappa shape index (κ3) is 5.53. The third-order valence-electron chi connectivity index (χ3n) is 3.60. The molecule has 0 spiro atoms. The second kappa shape index (κ2) is 8.22. The second-order valence-electron chi connectivity index (χ2n) is 5.86. The summed E-state index contributed by atoms with van der Waals surface area (Å²) in [4.78, 5) is 2.15. The van der Waals surface area contributed by atoms with Gasteiger partial charge in [0.15, 0.2) is 11.5 Å². The van der Waals surface area contributed by atoms with Crippen LogP contribution < -0.4 is 20.5 Å². The van der Waals surface area contributed by atoms with Crippen molar-refractivity contribution in [2.24, 2.45) is 5.73 Å². The lowest BCUT2D eigenvalue weighted by Crippen LogP contribution is -2.52. The zero-order valence-corrected chi connectivity index (χ0v) is 13.9. The summed E-state index contributed by atoms with van der Waals surface area (Å²) in [6.45, 7) is 4.63. The SMILES string of the molecule is COc1ccc(CC(C)(CN)NCCN(C)C)cc1OC. The molecule has 0 bridgehead atoms. The van der Waals surface area contributed by atoms with Crippen molar-refractivity contribution in [2.45, 2.75) is 18.9 Å². The van der Waals surface area contributed by atoms with E-state index in [1.54, 1.807) is 14.2 Å². The molecule has 120 valence electrons. The van der Waals surface area contributed by atoms with Gasteiger partial charge in [0.2, 0.25) is 0 Å². The van der Waals surface area contributed by atoms with Crippen LogP contribution >= 0.6 is 0 Å². The van der Waals surface area contributed by atoms with Gasteiger partial charge in [-0.2, -0.15) is 0 Å². The van der Waals surface area contributed by atoms with E-state index in [9.17, 15) is 0 Å². The van der Waals surface area contributed by atoms with Crippen LogP contribution in [0.1, 0.15) is 12.5 Å². The molecule has 0 saturated heterocycles. The number of nitrogens with zero attached hydrogens (tertiary/aromatic N) is 1. The number of methoxy groups -OCH3 is 2. The first-order valence-corrected chi connectivity index (χ1v) is 7.25. The highest BCUT2D eigenvalue weighted by Crippen LogP contribution is 2.28. The normalized spacial score (nSPS) is 14.0. The van der Waals surface area contributed by atoms with Gasteiger partial charge in [-0.3, -0.25) is 0 Å². The van der Waals surface area contributed by atoms with Crippen LogP contribution in [0.4, 0.5) is 0 Å². The Labute approximate surface area is 128 Å². The molecule has 0 aliphatic heterocycles. The average molecular weight is 295 g/mol. The summed E-state index contributed by atoms with van der Waals surface area (Å²) in [5, 5.41) is 3.55. The summed E-state index contributed by atoms with van der Waals surface area (Å²) < 4.78 is 10.6. The van der Waals surface area contributed by atoms with Gasteiger partial charge < -0.3 is 25.4 Å². The zero-order chi connectivity index (χ0) is 15.9. The van der Waals surface area contributed by atoms with Crippen LogP contribution in [-0.4, -0.2) is 58.4 Å². The minimum Gasteiger partial charge on any atom is -0.493 e. The Kier molecular flexibility index (Phi) is 6.95. The van der Waals surface area contributed by atoms with E-state index in [1.807, 2.05) is 12.1 Å². The molecule has 1 rings (SSSR count). The van der Waals surface area contributed by atoms with Crippen LogP contribution in [0.2, 0.25) is 0 Å². The first-order valence-electron chi connectivity index (χ1n) is 7.25. The molecule has 0 aliphatic rings. The number of likely N-dealkylation sites (N-methyl/N-ethyl adjacent to an activating group) is 1. The van der Waals surface area contributed by atoms with Crippen LogP contribution in [0.25, 0.3) is 0 Å². The molecular formula is C16H29N3O2. The van der Waals surface area contributed by atoms with E-state index in [0.29, 0.717) is 6.54 Å². The fraction of sp³-hybridized carbons (Fsp3) is 0.625. The van der Waals surface area contributed by atoms with Crippen molar-refractivity contribution in [3.63, 3.8) is 0 Å². The zero-order valence-electron chi connectivity index (χ0n) is 13.9. The fourth-order valence-corrected chi connectivity index (χ4v) is 2.23. The molecule has 3 N–H and O–H groups in total. The molecule has 0 radical (unpaired) electrons. The van der Waals surface area contributed by atoms with Crippen LogP contribution in [0.15, 0.2) is 18.2 Å². The van der Waals surface area contributed by atoms with Gasteiger partial charge in [0.25, 0.3) is 0 Å². The van der Waals surface area contributed by atoms with E-state index in [1.165, 1.54) is 5.56 Å². The quantitative estimate of drug-likeness (QED) is 0.715. The summed E-state index contributed by atoms with van der Waals surface area (Å²) in [5.74, 6) is 1.50. The number of ether oxygens (including phenoxy) is 2. The Hall–Kier alpha value is -1.30. The van der Waals surface area contributed by atoms with Gasteiger partial charge in [-0.05, 0) is 45.1 Å². The molecule has 0 aromatic heterocycles. The monoisotopic (exact) mass is 295 g/mol. The lowest BCUT2D eigenvalue weighted by molar-refractivity contribution is 0.322. The highest BCUT2D eigenvalue weighted by Gasteiger charge is 2.22. The number of benzene rings is 1. The van der Waals surface area contributed by atoms with Gasteiger partial charge in [-0.1, -0.05) is 6.07 Å². The molecule has 0 saturated carbocycles. The molecule has 0 amide bonds.